The molecule has 2 rings (SSSR count). The van der Waals surface area contributed by atoms with Gasteiger partial charge in [0.2, 0.25) is 5.60 Å². The van der Waals surface area contributed by atoms with Crippen LogP contribution in [0, 0.1) is 0 Å². The third-order valence-corrected chi connectivity index (χ3v) is 3.79. The van der Waals surface area contributed by atoms with Crippen LogP contribution in [0.1, 0.15) is 52.2 Å². The molecule has 0 radical (unpaired) electrons. The predicted molar refractivity (Wildman–Crippen MR) is 79.2 cm³/mol. The fourth-order valence-corrected chi connectivity index (χ4v) is 2.62. The van der Waals surface area contributed by atoms with E-state index >= 15 is 0 Å². The van der Waals surface area contributed by atoms with E-state index < -0.39 is 35.3 Å². The van der Waals surface area contributed by atoms with Gasteiger partial charge in [0.1, 0.15) is 5.60 Å². The third kappa shape index (κ3) is 3.35. The van der Waals surface area contributed by atoms with Gasteiger partial charge in [-0.15, -0.1) is 0 Å². The molecular weight excluding hydrogens is 327 g/mol. The maximum atomic E-state index is 13.1. The Kier molecular flexibility index (Phi) is 4.37. The van der Waals surface area contributed by atoms with Gasteiger partial charge in [0.05, 0.1) is 24.5 Å². The first-order valence-corrected chi connectivity index (χ1v) is 7.57. The van der Waals surface area contributed by atoms with Gasteiger partial charge in [-0.1, -0.05) is 0 Å². The quantitative estimate of drug-likeness (QED) is 0.846. The lowest BCUT2D eigenvalue weighted by atomic mass is 10.0. The maximum Gasteiger partial charge on any atom is 0.424 e. The molecule has 9 heteroatoms. The summed E-state index contributed by atoms with van der Waals surface area (Å²) in [5.41, 5.74) is -3.31. The van der Waals surface area contributed by atoms with Crippen molar-refractivity contribution in [1.29, 1.82) is 0 Å². The van der Waals surface area contributed by atoms with Crippen LogP contribution >= 0.6 is 0 Å². The van der Waals surface area contributed by atoms with E-state index in [1.54, 1.807) is 27.7 Å². The van der Waals surface area contributed by atoms with Crippen molar-refractivity contribution in [3.8, 4) is 0 Å². The van der Waals surface area contributed by atoms with Gasteiger partial charge in [0, 0.05) is 6.54 Å². The molecule has 0 aromatic carbocycles. The van der Waals surface area contributed by atoms with E-state index in [9.17, 15) is 23.1 Å². The molecule has 1 amide bonds. The number of halogens is 3. The minimum atomic E-state index is -4.85. The molecule has 1 aliphatic heterocycles. The van der Waals surface area contributed by atoms with Crippen LogP contribution in [0.15, 0.2) is 6.20 Å². The summed E-state index contributed by atoms with van der Waals surface area (Å²) < 4.78 is 45.9. The van der Waals surface area contributed by atoms with Gasteiger partial charge in [-0.25, -0.2) is 9.78 Å². The Labute approximate surface area is 138 Å². The van der Waals surface area contributed by atoms with Gasteiger partial charge >= 0.3 is 12.3 Å². The zero-order valence-electron chi connectivity index (χ0n) is 14.3. The van der Waals surface area contributed by atoms with Gasteiger partial charge in [0.25, 0.3) is 0 Å². The van der Waals surface area contributed by atoms with Gasteiger partial charge in [-0.05, 0) is 34.6 Å². The Morgan fingerprint density at radius 2 is 1.92 bits per heavy atom. The van der Waals surface area contributed by atoms with Crippen LogP contribution in [0.2, 0.25) is 0 Å². The summed E-state index contributed by atoms with van der Waals surface area (Å²) in [4.78, 5) is 17.4. The molecular formula is C15H22F3N3O3. The van der Waals surface area contributed by atoms with Gasteiger partial charge in [0.15, 0.2) is 5.82 Å². The number of hydrogen-bond acceptors (Lipinski definition) is 4. The number of fused-ring (bicyclic) bond motifs is 1. The number of nitrogens with zero attached hydrogens (tertiary/aromatic N) is 3. The average Bonchev–Trinajstić information content (AvgIpc) is 2.80. The Bertz CT molecular complexity index is 632. The summed E-state index contributed by atoms with van der Waals surface area (Å²) in [6.45, 7) is 7.79. The second-order valence-electron chi connectivity index (χ2n) is 7.22. The number of ether oxygens (including phenoxy) is 1. The number of alkyl halides is 3. The van der Waals surface area contributed by atoms with Crippen LogP contribution in [0.25, 0.3) is 0 Å². The summed E-state index contributed by atoms with van der Waals surface area (Å²) in [5.74, 6) is -0.471. The zero-order valence-corrected chi connectivity index (χ0v) is 14.3. The molecule has 24 heavy (non-hydrogen) atoms. The van der Waals surface area contributed by atoms with Crippen molar-refractivity contribution >= 4 is 6.09 Å². The number of carbonyl (C=O) groups is 1. The number of hydrogen-bond donors (Lipinski definition) is 1. The molecule has 2 atom stereocenters. The average molecular weight is 349 g/mol. The Morgan fingerprint density at radius 1 is 1.33 bits per heavy atom. The smallest absolute Gasteiger partial charge is 0.424 e. The van der Waals surface area contributed by atoms with E-state index in [0.29, 0.717) is 12.6 Å². The van der Waals surface area contributed by atoms with Crippen LogP contribution in [-0.4, -0.2) is 44.0 Å². The van der Waals surface area contributed by atoms with Crippen molar-refractivity contribution in [3.63, 3.8) is 0 Å². The first-order chi connectivity index (χ1) is 10.7. The van der Waals surface area contributed by atoms with Crippen molar-refractivity contribution in [2.75, 3.05) is 6.54 Å². The molecule has 2 heterocycles. The second-order valence-corrected chi connectivity index (χ2v) is 7.22. The van der Waals surface area contributed by atoms with Crippen LogP contribution in [-0.2, 0) is 16.9 Å². The minimum absolute atomic E-state index is 0.0696. The highest BCUT2D eigenvalue weighted by molar-refractivity contribution is 5.68. The van der Waals surface area contributed by atoms with E-state index in [2.05, 4.69) is 4.98 Å². The fraction of sp³-hybridized carbons (Fsp3) is 0.733. The van der Waals surface area contributed by atoms with Crippen LogP contribution in [0.5, 0.6) is 0 Å². The molecule has 136 valence electrons. The number of rotatable bonds is 1. The van der Waals surface area contributed by atoms with Gasteiger partial charge < -0.3 is 19.3 Å². The molecule has 1 aliphatic rings. The Balaban J connectivity index is 2.31. The molecule has 0 bridgehead atoms. The Morgan fingerprint density at radius 3 is 2.42 bits per heavy atom. The first-order valence-electron chi connectivity index (χ1n) is 7.57. The van der Waals surface area contributed by atoms with Crippen molar-refractivity contribution in [2.24, 2.45) is 0 Å². The molecule has 6 nitrogen and oxygen atoms in total. The monoisotopic (exact) mass is 349 g/mol. The summed E-state index contributed by atoms with van der Waals surface area (Å²) in [6, 6.07) is -0.479. The maximum absolute atomic E-state index is 13.1. The highest BCUT2D eigenvalue weighted by atomic mass is 19.4. The number of amides is 1. The molecule has 1 aromatic heterocycles. The van der Waals surface area contributed by atoms with Crippen molar-refractivity contribution in [3.05, 3.63) is 17.7 Å². The number of aromatic nitrogens is 2. The third-order valence-electron chi connectivity index (χ3n) is 3.79. The van der Waals surface area contributed by atoms with E-state index in [1.807, 2.05) is 0 Å². The standard InChI is InChI=1S/C15H22F3N3O3/c1-9-7-20(12(22)24-13(2,3)4)8-10-6-19-11(21(9)10)14(5,23)15(16,17)18/h6,9,23H,7-8H2,1-5H3/t9-,14?/m0/s1. The van der Waals surface area contributed by atoms with Crippen molar-refractivity contribution < 1.29 is 27.8 Å². The van der Waals surface area contributed by atoms with Crippen LogP contribution in [0.3, 0.4) is 0 Å². The number of carbonyl (C=O) groups excluding carboxylic acids is 1. The molecule has 0 spiro atoms. The van der Waals surface area contributed by atoms with Crippen LogP contribution in [0.4, 0.5) is 18.0 Å². The molecule has 0 fully saturated rings. The minimum Gasteiger partial charge on any atom is -0.444 e. The van der Waals surface area contributed by atoms with Crippen molar-refractivity contribution in [1.82, 2.24) is 14.5 Å². The molecule has 0 saturated heterocycles. The lowest BCUT2D eigenvalue weighted by Crippen LogP contribution is -2.46. The van der Waals surface area contributed by atoms with E-state index in [0.717, 1.165) is 0 Å². The topological polar surface area (TPSA) is 67.6 Å². The first kappa shape index (κ1) is 18.6. The van der Waals surface area contributed by atoms with E-state index in [1.165, 1.54) is 15.7 Å². The van der Waals surface area contributed by atoms with E-state index in [-0.39, 0.29) is 13.1 Å². The van der Waals surface area contributed by atoms with Crippen LogP contribution < -0.4 is 0 Å². The van der Waals surface area contributed by atoms with Gasteiger partial charge in [-0.2, -0.15) is 13.2 Å². The second kappa shape index (κ2) is 5.65. The molecule has 1 aromatic rings. The number of imidazole rings is 1. The Hall–Kier alpha value is -1.77. The molecule has 1 N–H and O–H groups in total. The van der Waals surface area contributed by atoms with Gasteiger partial charge in [-0.3, -0.25) is 0 Å². The number of aliphatic hydroxyl groups is 1. The summed E-state index contributed by atoms with van der Waals surface area (Å²) in [6.07, 6.45) is -4.13. The van der Waals surface area contributed by atoms with E-state index in [4.69, 9.17) is 4.74 Å². The summed E-state index contributed by atoms with van der Waals surface area (Å²) in [7, 11) is 0. The summed E-state index contributed by atoms with van der Waals surface area (Å²) in [5, 5.41) is 9.90. The SMILES string of the molecule is C[C@H]1CN(C(=O)OC(C)(C)C)Cc2cnc(C(C)(O)C(F)(F)F)n21. The van der Waals surface area contributed by atoms with Crippen molar-refractivity contribution in [2.45, 2.75) is 64.6 Å². The normalized spacial score (nSPS) is 21.2. The molecule has 1 unspecified atom stereocenters. The largest absolute Gasteiger partial charge is 0.444 e. The lowest BCUT2D eigenvalue weighted by Gasteiger charge is -2.36. The zero-order chi connectivity index (χ0) is 18.5. The highest BCUT2D eigenvalue weighted by Crippen LogP contribution is 2.40. The fourth-order valence-electron chi connectivity index (χ4n) is 2.62. The summed E-state index contributed by atoms with van der Waals surface area (Å²) >= 11 is 0. The molecule has 0 saturated carbocycles. The highest BCUT2D eigenvalue weighted by Gasteiger charge is 2.55. The molecule has 0 aliphatic carbocycles. The predicted octanol–water partition coefficient (Wildman–Crippen LogP) is 2.96. The lowest BCUT2D eigenvalue weighted by molar-refractivity contribution is -0.263.